The molecule has 9 heteroatoms. The number of esters is 1. The maximum absolute atomic E-state index is 13.2. The highest BCUT2D eigenvalue weighted by Crippen LogP contribution is 2.27. The highest BCUT2D eigenvalue weighted by Gasteiger charge is 2.32. The maximum Gasteiger partial charge on any atom is 0.411 e. The molecule has 2 aromatic carbocycles. The van der Waals surface area contributed by atoms with Crippen LogP contribution < -0.4 is 15.6 Å². The molecule has 0 radical (unpaired) electrons. The lowest BCUT2D eigenvalue weighted by atomic mass is 10.1. The van der Waals surface area contributed by atoms with Gasteiger partial charge in [0.15, 0.2) is 0 Å². The van der Waals surface area contributed by atoms with Crippen molar-refractivity contribution in [2.24, 2.45) is 5.10 Å². The van der Waals surface area contributed by atoms with Crippen molar-refractivity contribution in [3.05, 3.63) is 65.9 Å². The van der Waals surface area contributed by atoms with Gasteiger partial charge in [0, 0.05) is 17.6 Å². The third kappa shape index (κ3) is 5.76. The second kappa shape index (κ2) is 10.9. The summed E-state index contributed by atoms with van der Waals surface area (Å²) < 4.78 is 9.61. The number of hydrazone groups is 1. The van der Waals surface area contributed by atoms with Crippen molar-refractivity contribution in [3.8, 4) is 0 Å². The van der Waals surface area contributed by atoms with Crippen LogP contribution in [0, 0.1) is 0 Å². The summed E-state index contributed by atoms with van der Waals surface area (Å²) in [4.78, 5) is 36.7. The van der Waals surface area contributed by atoms with Gasteiger partial charge in [-0.2, -0.15) is 10.1 Å². The van der Waals surface area contributed by atoms with Crippen molar-refractivity contribution in [2.45, 2.75) is 26.7 Å². The van der Waals surface area contributed by atoms with Crippen LogP contribution in [0.2, 0.25) is 0 Å². The van der Waals surface area contributed by atoms with Crippen molar-refractivity contribution < 1.29 is 23.9 Å². The number of methoxy groups -OCH3 is 1. The van der Waals surface area contributed by atoms with Crippen molar-refractivity contribution in [3.63, 3.8) is 0 Å². The highest BCUT2D eigenvalue weighted by molar-refractivity contribution is 6.32. The Hall–Kier alpha value is -4.14. The van der Waals surface area contributed by atoms with Crippen molar-refractivity contribution >= 4 is 40.7 Å². The number of carbonyl (C=O) groups excluding carboxylic acids is 3. The summed E-state index contributed by atoms with van der Waals surface area (Å²) in [6.45, 7) is 4.00. The molecular weight excluding hydrogens is 424 g/mol. The molecule has 0 fully saturated rings. The van der Waals surface area contributed by atoms with Crippen LogP contribution in [0.25, 0.3) is 0 Å². The average molecular weight is 450 g/mol. The molecule has 0 saturated heterocycles. The Morgan fingerprint density at radius 3 is 2.48 bits per heavy atom. The SMILES string of the molecule is CCOC(=O)CC1=NN(c2ccc(NC(=O)OC)cc2)C(=O)C1=CNc1ccccc1CC. The van der Waals surface area contributed by atoms with Gasteiger partial charge in [-0.25, -0.2) is 4.79 Å². The molecule has 3 rings (SSSR count). The number of para-hydroxylation sites is 1. The lowest BCUT2D eigenvalue weighted by Gasteiger charge is -2.13. The Balaban J connectivity index is 1.88. The summed E-state index contributed by atoms with van der Waals surface area (Å²) in [6, 6.07) is 14.3. The van der Waals surface area contributed by atoms with Gasteiger partial charge in [-0.3, -0.25) is 14.9 Å². The number of hydrogen-bond acceptors (Lipinski definition) is 7. The quantitative estimate of drug-likeness (QED) is 0.463. The molecule has 2 amide bonds. The van der Waals surface area contributed by atoms with Crippen molar-refractivity contribution in [2.75, 3.05) is 29.4 Å². The van der Waals surface area contributed by atoms with Gasteiger partial charge in [-0.1, -0.05) is 25.1 Å². The van der Waals surface area contributed by atoms with E-state index in [1.165, 1.54) is 12.1 Å². The molecule has 2 aromatic rings. The fraction of sp³-hybridized carbons (Fsp3) is 0.250. The molecule has 0 bridgehead atoms. The first kappa shape index (κ1) is 23.5. The molecule has 1 aliphatic heterocycles. The van der Waals surface area contributed by atoms with Crippen molar-refractivity contribution in [1.82, 2.24) is 0 Å². The third-order valence-corrected chi connectivity index (χ3v) is 4.89. The number of anilines is 3. The van der Waals surface area contributed by atoms with Gasteiger partial charge in [0.05, 0.1) is 37.1 Å². The molecule has 0 atom stereocenters. The lowest BCUT2D eigenvalue weighted by Crippen LogP contribution is -2.22. The highest BCUT2D eigenvalue weighted by atomic mass is 16.5. The summed E-state index contributed by atoms with van der Waals surface area (Å²) in [7, 11) is 1.27. The van der Waals surface area contributed by atoms with Gasteiger partial charge in [-0.05, 0) is 49.2 Å². The predicted molar refractivity (Wildman–Crippen MR) is 126 cm³/mol. The maximum atomic E-state index is 13.2. The standard InChI is InChI=1S/C24H26N4O5/c1-4-16-8-6-7-9-20(16)25-15-19-21(14-22(29)33-5-2)27-28(23(19)30)18-12-10-17(11-13-18)26-24(31)32-3/h6-13,15,25H,4-5,14H2,1-3H3,(H,26,31). The van der Waals surface area contributed by atoms with Gasteiger partial charge >= 0.3 is 12.1 Å². The summed E-state index contributed by atoms with van der Waals surface area (Å²) in [5.41, 5.74) is 3.51. The van der Waals surface area contributed by atoms with E-state index < -0.39 is 12.1 Å². The second-order valence-corrected chi connectivity index (χ2v) is 7.02. The number of amides is 2. The van der Waals surface area contributed by atoms with Crippen LogP contribution in [0.5, 0.6) is 0 Å². The van der Waals surface area contributed by atoms with Gasteiger partial charge in [0.1, 0.15) is 0 Å². The Labute approximate surface area is 192 Å². The molecule has 1 aliphatic rings. The molecule has 0 aromatic heterocycles. The molecule has 33 heavy (non-hydrogen) atoms. The lowest BCUT2D eigenvalue weighted by molar-refractivity contribution is -0.141. The van der Waals surface area contributed by atoms with E-state index in [9.17, 15) is 14.4 Å². The van der Waals surface area contributed by atoms with Crippen LogP contribution in [0.1, 0.15) is 25.8 Å². The first-order valence-electron chi connectivity index (χ1n) is 10.5. The van der Waals surface area contributed by atoms with E-state index in [0.29, 0.717) is 17.1 Å². The topological polar surface area (TPSA) is 109 Å². The smallest absolute Gasteiger partial charge is 0.411 e. The minimum atomic E-state index is -0.599. The van der Waals surface area contributed by atoms with E-state index in [1.54, 1.807) is 37.4 Å². The van der Waals surface area contributed by atoms with Gasteiger partial charge < -0.3 is 14.8 Å². The van der Waals surface area contributed by atoms with E-state index in [0.717, 1.165) is 17.7 Å². The van der Waals surface area contributed by atoms with E-state index >= 15 is 0 Å². The zero-order valence-corrected chi connectivity index (χ0v) is 18.8. The zero-order chi connectivity index (χ0) is 23.8. The number of hydrogen-bond donors (Lipinski definition) is 2. The molecule has 2 N–H and O–H groups in total. The third-order valence-electron chi connectivity index (χ3n) is 4.89. The van der Waals surface area contributed by atoms with Crippen LogP contribution in [-0.4, -0.2) is 37.4 Å². The Bertz CT molecular complexity index is 1090. The molecule has 0 unspecified atom stereocenters. The van der Waals surface area contributed by atoms with Crippen molar-refractivity contribution in [1.29, 1.82) is 0 Å². The zero-order valence-electron chi connectivity index (χ0n) is 18.8. The Morgan fingerprint density at radius 1 is 1.09 bits per heavy atom. The number of rotatable bonds is 8. The molecule has 1 heterocycles. The number of nitrogens with zero attached hydrogens (tertiary/aromatic N) is 2. The number of aryl methyl sites for hydroxylation is 1. The summed E-state index contributed by atoms with van der Waals surface area (Å²) in [5, 5.41) is 11.3. The number of nitrogens with one attached hydrogen (secondary N) is 2. The van der Waals surface area contributed by atoms with Crippen LogP contribution in [0.3, 0.4) is 0 Å². The van der Waals surface area contributed by atoms with E-state index in [2.05, 4.69) is 20.5 Å². The van der Waals surface area contributed by atoms with Crippen LogP contribution in [-0.2, 0) is 25.5 Å². The Kier molecular flexibility index (Phi) is 7.80. The summed E-state index contributed by atoms with van der Waals surface area (Å²) >= 11 is 0. The predicted octanol–water partition coefficient (Wildman–Crippen LogP) is 4.08. The van der Waals surface area contributed by atoms with E-state index in [-0.39, 0.29) is 24.5 Å². The average Bonchev–Trinajstić information content (AvgIpc) is 3.13. The second-order valence-electron chi connectivity index (χ2n) is 7.02. The largest absolute Gasteiger partial charge is 0.466 e. The fourth-order valence-corrected chi connectivity index (χ4v) is 3.23. The molecular formula is C24H26N4O5. The summed E-state index contributed by atoms with van der Waals surface area (Å²) in [6.07, 6.45) is 1.66. The molecule has 172 valence electrons. The first-order chi connectivity index (χ1) is 16.0. The number of ether oxygens (including phenoxy) is 2. The van der Waals surface area contributed by atoms with Gasteiger partial charge in [0.25, 0.3) is 5.91 Å². The van der Waals surface area contributed by atoms with Crippen LogP contribution in [0.4, 0.5) is 21.9 Å². The van der Waals surface area contributed by atoms with Crippen LogP contribution >= 0.6 is 0 Å². The number of carbonyl (C=O) groups is 3. The first-order valence-corrected chi connectivity index (χ1v) is 10.5. The molecule has 0 aliphatic carbocycles. The van der Waals surface area contributed by atoms with Gasteiger partial charge in [-0.15, -0.1) is 0 Å². The minimum Gasteiger partial charge on any atom is -0.466 e. The van der Waals surface area contributed by atoms with Crippen LogP contribution in [0.15, 0.2) is 65.4 Å². The summed E-state index contributed by atoms with van der Waals surface area (Å²) in [5.74, 6) is -0.854. The fourth-order valence-electron chi connectivity index (χ4n) is 3.23. The molecule has 9 nitrogen and oxygen atoms in total. The minimum absolute atomic E-state index is 0.138. The molecule has 0 spiro atoms. The monoisotopic (exact) mass is 450 g/mol. The molecule has 0 saturated carbocycles. The Morgan fingerprint density at radius 2 is 1.82 bits per heavy atom. The number of benzene rings is 2. The van der Waals surface area contributed by atoms with E-state index in [4.69, 9.17) is 4.74 Å². The van der Waals surface area contributed by atoms with E-state index in [1.807, 2.05) is 31.2 Å². The van der Waals surface area contributed by atoms with Gasteiger partial charge in [0.2, 0.25) is 0 Å². The normalized spacial score (nSPS) is 14.2.